The Balaban J connectivity index is 2.70. The zero-order valence-electron chi connectivity index (χ0n) is 27.1. The van der Waals surface area contributed by atoms with Gasteiger partial charge in [-0.15, -0.1) is 5.92 Å². The highest BCUT2D eigenvalue weighted by atomic mass is 16.6. The predicted octanol–water partition coefficient (Wildman–Crippen LogP) is 5.41. The molecule has 1 aliphatic rings. The maximum atomic E-state index is 13.0. The first kappa shape index (κ1) is 37.0. The molecule has 43 heavy (non-hydrogen) atoms. The van der Waals surface area contributed by atoms with Crippen LogP contribution in [0.2, 0.25) is 0 Å². The lowest BCUT2D eigenvalue weighted by atomic mass is 9.86. The molecule has 4 atom stereocenters. The van der Waals surface area contributed by atoms with E-state index in [2.05, 4.69) is 27.8 Å². The maximum Gasteiger partial charge on any atom is 0.407 e. The summed E-state index contributed by atoms with van der Waals surface area (Å²) in [4.78, 5) is 49.4. The smallest absolute Gasteiger partial charge is 0.407 e. The van der Waals surface area contributed by atoms with Gasteiger partial charge in [0.05, 0.1) is 0 Å². The highest BCUT2D eigenvalue weighted by molar-refractivity contribution is 5.93. The average Bonchev–Trinajstić information content (AvgIpc) is 2.90. The van der Waals surface area contributed by atoms with E-state index in [4.69, 9.17) is 9.47 Å². The van der Waals surface area contributed by atoms with Gasteiger partial charge in [-0.25, -0.2) is 9.59 Å². The lowest BCUT2D eigenvalue weighted by Crippen LogP contribution is -2.52. The van der Waals surface area contributed by atoms with E-state index in [0.717, 1.165) is 5.57 Å². The second-order valence-corrected chi connectivity index (χ2v) is 12.0. The van der Waals surface area contributed by atoms with Crippen molar-refractivity contribution >= 4 is 23.9 Å². The number of carbonyl (C=O) groups excluding carboxylic acids is 4. The Morgan fingerprint density at radius 1 is 1.14 bits per heavy atom. The molecule has 0 fully saturated rings. The molecule has 3 amide bonds. The van der Waals surface area contributed by atoms with E-state index >= 15 is 0 Å². The molecule has 0 bridgehead atoms. The third kappa shape index (κ3) is 15.1. The first-order valence-electron chi connectivity index (χ1n) is 14.7. The number of ether oxygens (including phenoxy) is 2. The summed E-state index contributed by atoms with van der Waals surface area (Å²) in [6.45, 7) is 16.7. The quantitative estimate of drug-likeness (QED) is 0.113. The Morgan fingerprint density at radius 3 is 2.42 bits per heavy atom. The molecule has 236 valence electrons. The van der Waals surface area contributed by atoms with E-state index in [1.165, 1.54) is 12.3 Å². The van der Waals surface area contributed by atoms with Crippen molar-refractivity contribution < 1.29 is 28.7 Å². The Bertz CT molecular complexity index is 1190. The lowest BCUT2D eigenvalue weighted by Gasteiger charge is -2.29. The summed E-state index contributed by atoms with van der Waals surface area (Å²) >= 11 is 0. The van der Waals surface area contributed by atoms with E-state index in [9.17, 15) is 19.2 Å². The third-order valence-corrected chi connectivity index (χ3v) is 6.41. The molecule has 1 unspecified atom stereocenters. The molecule has 0 aliphatic carbocycles. The van der Waals surface area contributed by atoms with Gasteiger partial charge in [0.2, 0.25) is 11.8 Å². The summed E-state index contributed by atoms with van der Waals surface area (Å²) < 4.78 is 10.9. The maximum absolute atomic E-state index is 13.0. The molecule has 0 aromatic rings. The van der Waals surface area contributed by atoms with Gasteiger partial charge in [0.25, 0.3) is 0 Å². The fraction of sp³-hybridized carbons (Fsp3) is 0.529. The number of amides is 3. The molecule has 1 rings (SSSR count). The lowest BCUT2D eigenvalue weighted by molar-refractivity contribution is -0.147. The SMILES string of the molecule is CC#CCC(C/C=C\NC(=O)[C@@H](NC(=O)\C=C/C=C\C(C)=C\[C@H](C)[C@@H]1CC=C(C)C(=O)O1)C(C)(C)C)OC(=O)NC(C)C. The molecule has 0 saturated carbocycles. The average molecular weight is 596 g/mol. The minimum atomic E-state index is -0.800. The van der Waals surface area contributed by atoms with Gasteiger partial charge in [-0.2, -0.15) is 0 Å². The number of rotatable bonds is 13. The van der Waals surface area contributed by atoms with Gasteiger partial charge in [0.15, 0.2) is 0 Å². The minimum absolute atomic E-state index is 0.0399. The summed E-state index contributed by atoms with van der Waals surface area (Å²) in [5.74, 6) is 4.69. The molecular formula is C34H49N3O6. The molecule has 0 radical (unpaired) electrons. The van der Waals surface area contributed by atoms with Crippen LogP contribution in [0.1, 0.15) is 81.6 Å². The molecule has 9 heteroatoms. The van der Waals surface area contributed by atoms with Crippen LogP contribution in [0.4, 0.5) is 4.79 Å². The van der Waals surface area contributed by atoms with Crippen LogP contribution in [-0.4, -0.2) is 48.2 Å². The van der Waals surface area contributed by atoms with Gasteiger partial charge in [0, 0.05) is 42.9 Å². The molecule has 0 aromatic heterocycles. The molecule has 1 aliphatic heterocycles. The van der Waals surface area contributed by atoms with E-state index in [1.807, 2.05) is 66.7 Å². The Kier molecular flexibility index (Phi) is 15.9. The van der Waals surface area contributed by atoms with Gasteiger partial charge < -0.3 is 25.4 Å². The fourth-order valence-corrected chi connectivity index (χ4v) is 4.02. The summed E-state index contributed by atoms with van der Waals surface area (Å²) in [6, 6.07) is -0.852. The second-order valence-electron chi connectivity index (χ2n) is 12.0. The van der Waals surface area contributed by atoms with Crippen molar-refractivity contribution in [2.45, 2.75) is 106 Å². The normalized spacial score (nSPS) is 18.0. The largest absolute Gasteiger partial charge is 0.458 e. The summed E-state index contributed by atoms with van der Waals surface area (Å²) in [5, 5.41) is 8.18. The Morgan fingerprint density at radius 2 is 1.81 bits per heavy atom. The van der Waals surface area contributed by atoms with Gasteiger partial charge in [-0.3, -0.25) is 9.59 Å². The van der Waals surface area contributed by atoms with Crippen molar-refractivity contribution in [3.63, 3.8) is 0 Å². The van der Waals surface area contributed by atoms with E-state index in [-0.39, 0.29) is 29.9 Å². The number of allylic oxidation sites excluding steroid dienone is 4. The number of alkyl carbamates (subject to hydrolysis) is 1. The highest BCUT2D eigenvalue weighted by Gasteiger charge is 2.32. The van der Waals surface area contributed by atoms with Gasteiger partial charge in [-0.05, 0) is 46.2 Å². The van der Waals surface area contributed by atoms with Crippen LogP contribution in [0.25, 0.3) is 0 Å². The molecule has 1 heterocycles. The second kappa shape index (κ2) is 18.5. The monoisotopic (exact) mass is 595 g/mol. The van der Waals surface area contributed by atoms with Crippen LogP contribution in [0, 0.1) is 23.2 Å². The van der Waals surface area contributed by atoms with Crippen molar-refractivity contribution in [2.75, 3.05) is 0 Å². The van der Waals surface area contributed by atoms with Crippen molar-refractivity contribution in [2.24, 2.45) is 11.3 Å². The van der Waals surface area contributed by atoms with E-state index in [0.29, 0.717) is 24.8 Å². The fourth-order valence-electron chi connectivity index (χ4n) is 4.02. The molecule has 3 N–H and O–H groups in total. The summed E-state index contributed by atoms with van der Waals surface area (Å²) in [5.41, 5.74) is 1.05. The van der Waals surface area contributed by atoms with Crippen LogP contribution < -0.4 is 16.0 Å². The Labute approximate surface area is 257 Å². The number of cyclic esters (lactones) is 1. The van der Waals surface area contributed by atoms with Crippen molar-refractivity contribution in [1.29, 1.82) is 0 Å². The minimum Gasteiger partial charge on any atom is -0.458 e. The highest BCUT2D eigenvalue weighted by Crippen LogP contribution is 2.22. The first-order valence-corrected chi connectivity index (χ1v) is 14.7. The predicted molar refractivity (Wildman–Crippen MR) is 169 cm³/mol. The Hall–Kier alpha value is -4.06. The number of esters is 1. The van der Waals surface area contributed by atoms with Crippen molar-refractivity contribution in [3.05, 3.63) is 59.9 Å². The van der Waals surface area contributed by atoms with Gasteiger partial charge in [-0.1, -0.05) is 75.6 Å². The topological polar surface area (TPSA) is 123 Å². The molecule has 0 spiro atoms. The van der Waals surface area contributed by atoms with Crippen molar-refractivity contribution in [1.82, 2.24) is 16.0 Å². The third-order valence-electron chi connectivity index (χ3n) is 6.41. The van der Waals surface area contributed by atoms with E-state index in [1.54, 1.807) is 32.1 Å². The zero-order chi connectivity index (χ0) is 32.6. The van der Waals surface area contributed by atoms with Gasteiger partial charge >= 0.3 is 12.1 Å². The van der Waals surface area contributed by atoms with Crippen LogP contribution in [0.3, 0.4) is 0 Å². The number of hydrogen-bond donors (Lipinski definition) is 3. The van der Waals surface area contributed by atoms with Crippen molar-refractivity contribution in [3.8, 4) is 11.8 Å². The van der Waals surface area contributed by atoms with Crippen LogP contribution >= 0.6 is 0 Å². The van der Waals surface area contributed by atoms with Gasteiger partial charge in [0.1, 0.15) is 18.2 Å². The first-order chi connectivity index (χ1) is 20.1. The standard InChI is InChI=1S/C34H49N3O6/c1-10-11-16-27(42-33(41)36-23(2)3)17-14-21-35-31(39)30(34(7,8)9)37-29(38)18-13-12-15-24(4)22-26(6)28-20-19-25(5)32(40)43-28/h12-15,18-19,21-23,26-28,30H,16-17,20H2,1-9H3,(H,35,39)(H,36,41)(H,37,38)/b15-12-,18-13-,21-14-,24-22+/t26-,27?,28-,30+/m0/s1. The molecule has 9 nitrogen and oxygen atoms in total. The molecule has 0 aromatic carbocycles. The summed E-state index contributed by atoms with van der Waals surface area (Å²) in [7, 11) is 0. The number of carbonyl (C=O) groups is 4. The zero-order valence-corrected chi connectivity index (χ0v) is 27.1. The van der Waals surface area contributed by atoms with Crippen LogP contribution in [0.15, 0.2) is 59.9 Å². The van der Waals surface area contributed by atoms with E-state index < -0.39 is 29.6 Å². The molecule has 0 saturated heterocycles. The van der Waals surface area contributed by atoms with Crippen LogP contribution in [0.5, 0.6) is 0 Å². The number of nitrogens with one attached hydrogen (secondary N) is 3. The molecular weight excluding hydrogens is 546 g/mol. The summed E-state index contributed by atoms with van der Waals surface area (Å²) in [6.07, 6.45) is 13.9. The number of hydrogen-bond acceptors (Lipinski definition) is 6. The van der Waals surface area contributed by atoms with Crippen LogP contribution in [-0.2, 0) is 23.9 Å².